The Labute approximate surface area is 171 Å². The van der Waals surface area contributed by atoms with Crippen LogP contribution in [0.3, 0.4) is 0 Å². The van der Waals surface area contributed by atoms with E-state index in [1.165, 1.54) is 29.5 Å². The molecule has 0 spiro atoms. The first-order chi connectivity index (χ1) is 13.9. The Morgan fingerprint density at radius 2 is 2.03 bits per heavy atom. The Morgan fingerprint density at radius 1 is 1.24 bits per heavy atom. The number of benzene rings is 1. The fourth-order valence-corrected chi connectivity index (χ4v) is 3.42. The van der Waals surface area contributed by atoms with Gasteiger partial charge in [0.2, 0.25) is 5.91 Å². The molecule has 2 amide bonds. The van der Waals surface area contributed by atoms with E-state index >= 15 is 0 Å². The first-order valence-corrected chi connectivity index (χ1v) is 9.79. The molecule has 152 valence electrons. The Balaban J connectivity index is 1.53. The second-order valence-corrected chi connectivity index (χ2v) is 7.41. The predicted molar refractivity (Wildman–Crippen MR) is 108 cm³/mol. The van der Waals surface area contributed by atoms with Crippen molar-refractivity contribution in [1.29, 1.82) is 0 Å². The average molecular weight is 416 g/mol. The van der Waals surface area contributed by atoms with Crippen LogP contribution < -0.4 is 10.6 Å². The lowest BCUT2D eigenvalue weighted by Crippen LogP contribution is -2.35. The van der Waals surface area contributed by atoms with Gasteiger partial charge in [0, 0.05) is 11.9 Å². The molecule has 0 radical (unpaired) electrons. The molecule has 0 bridgehead atoms. The number of halogens is 1. The van der Waals surface area contributed by atoms with Crippen molar-refractivity contribution in [3.63, 3.8) is 0 Å². The number of amides is 2. The molecule has 0 aliphatic carbocycles. The minimum absolute atomic E-state index is 0.0605. The van der Waals surface area contributed by atoms with Gasteiger partial charge in [0.15, 0.2) is 5.13 Å². The topological polar surface area (TPSA) is 87.5 Å². The molecule has 2 N–H and O–H groups in total. The number of aromatic nitrogens is 1. The van der Waals surface area contributed by atoms with Crippen molar-refractivity contribution in [2.24, 2.45) is 0 Å². The highest BCUT2D eigenvalue weighted by Crippen LogP contribution is 2.19. The lowest BCUT2D eigenvalue weighted by atomic mass is 10.2. The number of nitrogens with zero attached hydrogens (tertiary/aromatic N) is 2. The number of carbonyl (C=O) groups excluding carboxylic acids is 2. The van der Waals surface area contributed by atoms with Crippen molar-refractivity contribution in [2.45, 2.75) is 12.5 Å². The number of likely N-dealkylation sites (N-methyl/N-ethyl adjacent to an activating group) is 1. The molecule has 1 aromatic carbocycles. The van der Waals surface area contributed by atoms with Crippen LogP contribution in [-0.4, -0.2) is 42.3 Å². The van der Waals surface area contributed by atoms with Gasteiger partial charge in [-0.1, -0.05) is 12.1 Å². The molecule has 0 fully saturated rings. The highest BCUT2D eigenvalue weighted by Gasteiger charge is 2.18. The van der Waals surface area contributed by atoms with E-state index < -0.39 is 11.7 Å². The summed E-state index contributed by atoms with van der Waals surface area (Å²) in [6, 6.07) is 9.29. The Bertz CT molecular complexity index is 972. The molecule has 1 atom stereocenters. The van der Waals surface area contributed by atoms with Crippen molar-refractivity contribution in [3.8, 4) is 0 Å². The van der Waals surface area contributed by atoms with Crippen LogP contribution in [0.4, 0.5) is 9.52 Å². The predicted octanol–water partition coefficient (Wildman–Crippen LogP) is 3.09. The molecule has 2 heterocycles. The lowest BCUT2D eigenvalue weighted by molar-refractivity contribution is -0.120. The highest BCUT2D eigenvalue weighted by molar-refractivity contribution is 7.14. The molecule has 0 aliphatic heterocycles. The van der Waals surface area contributed by atoms with Crippen LogP contribution in [-0.2, 0) is 11.2 Å². The van der Waals surface area contributed by atoms with Crippen LogP contribution in [0, 0.1) is 5.82 Å². The molecular formula is C20H21FN4O3S. The molecule has 29 heavy (non-hydrogen) atoms. The number of hydrogen-bond donors (Lipinski definition) is 2. The average Bonchev–Trinajstić information content (AvgIpc) is 3.34. The molecule has 0 saturated heterocycles. The van der Waals surface area contributed by atoms with E-state index in [2.05, 4.69) is 15.6 Å². The number of furan rings is 1. The third kappa shape index (κ3) is 5.49. The Morgan fingerprint density at radius 3 is 2.72 bits per heavy atom. The van der Waals surface area contributed by atoms with Crippen LogP contribution in [0.25, 0.3) is 0 Å². The maximum Gasteiger partial charge on any atom is 0.260 e. The van der Waals surface area contributed by atoms with Gasteiger partial charge in [0.1, 0.15) is 11.6 Å². The number of nitrogens with one attached hydrogen (secondary N) is 2. The summed E-state index contributed by atoms with van der Waals surface area (Å²) in [4.78, 5) is 30.6. The SMILES string of the molecule is CN(C)C(CNC(=O)Cc1csc(NC(=O)c2ccccc2F)n1)c1ccco1. The van der Waals surface area contributed by atoms with E-state index in [9.17, 15) is 14.0 Å². The van der Waals surface area contributed by atoms with Crippen LogP contribution in [0.5, 0.6) is 0 Å². The molecule has 3 rings (SSSR count). The summed E-state index contributed by atoms with van der Waals surface area (Å²) in [5, 5.41) is 7.42. The molecule has 2 aromatic heterocycles. The first kappa shape index (κ1) is 20.7. The maximum atomic E-state index is 13.7. The van der Waals surface area contributed by atoms with E-state index in [-0.39, 0.29) is 23.9 Å². The number of hydrogen-bond acceptors (Lipinski definition) is 6. The van der Waals surface area contributed by atoms with Crippen molar-refractivity contribution in [2.75, 3.05) is 26.0 Å². The quantitative estimate of drug-likeness (QED) is 0.589. The van der Waals surface area contributed by atoms with Gasteiger partial charge >= 0.3 is 0 Å². The smallest absolute Gasteiger partial charge is 0.260 e. The fourth-order valence-electron chi connectivity index (χ4n) is 2.71. The fraction of sp³-hybridized carbons (Fsp3) is 0.250. The van der Waals surface area contributed by atoms with Gasteiger partial charge in [-0.3, -0.25) is 19.8 Å². The normalized spacial score (nSPS) is 12.0. The second kappa shape index (κ2) is 9.44. The summed E-state index contributed by atoms with van der Waals surface area (Å²) in [7, 11) is 3.81. The van der Waals surface area contributed by atoms with Crippen LogP contribution in [0.2, 0.25) is 0 Å². The molecule has 0 saturated carbocycles. The zero-order valence-electron chi connectivity index (χ0n) is 16.0. The Hall–Kier alpha value is -3.04. The van der Waals surface area contributed by atoms with E-state index in [0.717, 1.165) is 5.76 Å². The standard InChI is InChI=1S/C20H21FN4O3S/c1-25(2)16(17-8-5-9-28-17)11-22-18(26)10-13-12-29-20(23-13)24-19(27)14-6-3-4-7-15(14)21/h3-9,12,16H,10-11H2,1-2H3,(H,22,26)(H,23,24,27). The zero-order valence-corrected chi connectivity index (χ0v) is 16.8. The van der Waals surface area contributed by atoms with Crippen molar-refractivity contribution in [1.82, 2.24) is 15.2 Å². The molecule has 3 aromatic rings. The molecule has 7 nitrogen and oxygen atoms in total. The van der Waals surface area contributed by atoms with Gasteiger partial charge in [-0.25, -0.2) is 9.37 Å². The van der Waals surface area contributed by atoms with Crippen molar-refractivity contribution in [3.05, 3.63) is 70.9 Å². The molecular weight excluding hydrogens is 395 g/mol. The molecule has 0 aliphatic rings. The number of carbonyl (C=O) groups is 2. The van der Waals surface area contributed by atoms with Crippen LogP contribution >= 0.6 is 11.3 Å². The van der Waals surface area contributed by atoms with Gasteiger partial charge in [-0.05, 0) is 38.4 Å². The summed E-state index contributed by atoms with van der Waals surface area (Å²) in [6.45, 7) is 0.389. The summed E-state index contributed by atoms with van der Waals surface area (Å²) in [5.74, 6) is -0.614. The summed E-state index contributed by atoms with van der Waals surface area (Å²) in [5.41, 5.74) is 0.463. The third-order valence-electron chi connectivity index (χ3n) is 4.22. The van der Waals surface area contributed by atoms with Gasteiger partial charge in [-0.15, -0.1) is 11.3 Å². The van der Waals surface area contributed by atoms with E-state index in [0.29, 0.717) is 17.4 Å². The Kier molecular flexibility index (Phi) is 6.73. The minimum Gasteiger partial charge on any atom is -0.468 e. The van der Waals surface area contributed by atoms with Gasteiger partial charge < -0.3 is 9.73 Å². The first-order valence-electron chi connectivity index (χ1n) is 8.91. The number of anilines is 1. The summed E-state index contributed by atoms with van der Waals surface area (Å²) >= 11 is 1.18. The molecule has 1 unspecified atom stereocenters. The van der Waals surface area contributed by atoms with Gasteiger partial charge in [0.25, 0.3) is 5.91 Å². The van der Waals surface area contributed by atoms with Crippen LogP contribution in [0.15, 0.2) is 52.5 Å². The lowest BCUT2D eigenvalue weighted by Gasteiger charge is -2.22. The van der Waals surface area contributed by atoms with Crippen molar-refractivity contribution >= 4 is 28.3 Å². The zero-order chi connectivity index (χ0) is 20.8. The minimum atomic E-state index is -0.604. The highest BCUT2D eigenvalue weighted by atomic mass is 32.1. The number of rotatable bonds is 8. The van der Waals surface area contributed by atoms with E-state index in [1.54, 1.807) is 23.8 Å². The second-order valence-electron chi connectivity index (χ2n) is 6.55. The van der Waals surface area contributed by atoms with Crippen LogP contribution in [0.1, 0.15) is 27.9 Å². The van der Waals surface area contributed by atoms with Gasteiger partial charge in [-0.2, -0.15) is 0 Å². The number of thiazole rings is 1. The summed E-state index contributed by atoms with van der Waals surface area (Å²) in [6.07, 6.45) is 1.67. The van der Waals surface area contributed by atoms with Gasteiger partial charge in [0.05, 0.1) is 30.0 Å². The largest absolute Gasteiger partial charge is 0.468 e. The maximum absolute atomic E-state index is 13.7. The monoisotopic (exact) mass is 416 g/mol. The van der Waals surface area contributed by atoms with E-state index in [1.807, 2.05) is 25.1 Å². The van der Waals surface area contributed by atoms with Crippen molar-refractivity contribution < 1.29 is 18.4 Å². The summed E-state index contributed by atoms with van der Waals surface area (Å²) < 4.78 is 19.1. The molecule has 9 heteroatoms. The third-order valence-corrected chi connectivity index (χ3v) is 5.03. The van der Waals surface area contributed by atoms with E-state index in [4.69, 9.17) is 4.42 Å².